The lowest BCUT2D eigenvalue weighted by Gasteiger charge is -2.14. The van der Waals surface area contributed by atoms with Crippen LogP contribution in [0.5, 0.6) is 11.5 Å². The number of hydrogen-bond acceptors (Lipinski definition) is 5. The van der Waals surface area contributed by atoms with E-state index in [1.165, 1.54) is 4.57 Å². The van der Waals surface area contributed by atoms with Crippen LogP contribution in [0, 0.1) is 0 Å². The maximum Gasteiger partial charge on any atom is 0.328 e. The lowest BCUT2D eigenvalue weighted by Crippen LogP contribution is -2.35. The summed E-state index contributed by atoms with van der Waals surface area (Å²) in [6.45, 7) is 2.91. The molecule has 3 rings (SSSR count). The van der Waals surface area contributed by atoms with Gasteiger partial charge in [0, 0.05) is 26.3 Å². The van der Waals surface area contributed by atoms with Crippen molar-refractivity contribution < 1.29 is 9.47 Å². The maximum absolute atomic E-state index is 13.1. The number of ether oxygens (including phenoxy) is 2. The summed E-state index contributed by atoms with van der Waals surface area (Å²) < 4.78 is 12.5. The van der Waals surface area contributed by atoms with E-state index < -0.39 is 5.69 Å². The van der Waals surface area contributed by atoms with Gasteiger partial charge in [-0.25, -0.2) is 4.79 Å². The van der Waals surface area contributed by atoms with Crippen LogP contribution >= 0.6 is 0 Å². The first kappa shape index (κ1) is 22.5. The quantitative estimate of drug-likeness (QED) is 0.503. The van der Waals surface area contributed by atoms with E-state index in [1.54, 1.807) is 19.2 Å². The fraction of sp³-hybridized carbons (Fsp3) is 0.417. The molecule has 0 atom stereocenters. The Labute approximate surface area is 182 Å². The maximum atomic E-state index is 13.1. The number of aromatic nitrogens is 2. The van der Waals surface area contributed by atoms with Crippen molar-refractivity contribution in [3.8, 4) is 11.5 Å². The third-order valence-electron chi connectivity index (χ3n) is 5.37. The first-order chi connectivity index (χ1) is 15.0. The van der Waals surface area contributed by atoms with Gasteiger partial charge in [0.05, 0.1) is 19.1 Å². The molecule has 0 saturated heterocycles. The van der Waals surface area contributed by atoms with E-state index in [2.05, 4.69) is 11.9 Å². The standard InChI is InChI=1S/C24H31N3O4/c1-5-6-7-16-31-22-20(30-4)13-12-19-21(22)25-24(29)27(23(19)28)15-14-17-8-10-18(11-9-17)26(2)3/h8-13H,5-7,14-16H2,1-4H3,(H,25,29). The van der Waals surface area contributed by atoms with E-state index in [9.17, 15) is 9.59 Å². The van der Waals surface area contributed by atoms with Crippen LogP contribution < -0.4 is 25.6 Å². The summed E-state index contributed by atoms with van der Waals surface area (Å²) in [5, 5.41) is 0.411. The van der Waals surface area contributed by atoms with Crippen LogP contribution in [0.1, 0.15) is 31.7 Å². The second kappa shape index (κ2) is 10.2. The topological polar surface area (TPSA) is 76.6 Å². The molecule has 0 saturated carbocycles. The Balaban J connectivity index is 1.90. The highest BCUT2D eigenvalue weighted by Gasteiger charge is 2.16. The molecule has 0 aliphatic carbocycles. The van der Waals surface area contributed by atoms with Crippen LogP contribution in [0.25, 0.3) is 10.9 Å². The number of H-pyrrole nitrogens is 1. The third kappa shape index (κ3) is 5.10. The summed E-state index contributed by atoms with van der Waals surface area (Å²) in [4.78, 5) is 30.7. The Bertz CT molecular complexity index is 1130. The average Bonchev–Trinajstić information content (AvgIpc) is 2.76. The Morgan fingerprint density at radius 1 is 1.03 bits per heavy atom. The van der Waals surface area contributed by atoms with Crippen molar-refractivity contribution in [2.45, 2.75) is 39.2 Å². The van der Waals surface area contributed by atoms with Crippen LogP contribution in [0.2, 0.25) is 0 Å². The number of nitrogens with zero attached hydrogens (tertiary/aromatic N) is 2. The van der Waals surface area contributed by atoms with Crippen molar-refractivity contribution in [3.63, 3.8) is 0 Å². The molecule has 1 N–H and O–H groups in total. The van der Waals surface area contributed by atoms with E-state index in [0.717, 1.165) is 30.5 Å². The molecule has 7 heteroatoms. The highest BCUT2D eigenvalue weighted by Crippen LogP contribution is 2.32. The van der Waals surface area contributed by atoms with Crippen LogP contribution in [-0.2, 0) is 13.0 Å². The Morgan fingerprint density at radius 2 is 1.77 bits per heavy atom. The van der Waals surface area contributed by atoms with Gasteiger partial charge in [-0.05, 0) is 42.7 Å². The zero-order valence-electron chi connectivity index (χ0n) is 18.7. The molecule has 7 nitrogen and oxygen atoms in total. The molecule has 0 amide bonds. The van der Waals surface area contributed by atoms with Crippen molar-refractivity contribution in [2.24, 2.45) is 0 Å². The fourth-order valence-corrected chi connectivity index (χ4v) is 3.51. The van der Waals surface area contributed by atoms with Gasteiger partial charge in [0.1, 0.15) is 5.52 Å². The molecule has 31 heavy (non-hydrogen) atoms. The zero-order valence-corrected chi connectivity index (χ0v) is 18.7. The third-order valence-corrected chi connectivity index (χ3v) is 5.37. The number of aryl methyl sites for hydroxylation is 1. The Morgan fingerprint density at radius 3 is 2.42 bits per heavy atom. The lowest BCUT2D eigenvalue weighted by molar-refractivity contribution is 0.289. The number of unbranched alkanes of at least 4 members (excludes halogenated alkanes) is 2. The summed E-state index contributed by atoms with van der Waals surface area (Å²) in [6, 6.07) is 11.5. The SMILES string of the molecule is CCCCCOc1c(OC)ccc2c(=O)n(CCc3ccc(N(C)C)cc3)c(=O)[nH]c12. The number of hydrogen-bond donors (Lipinski definition) is 1. The van der Waals surface area contributed by atoms with Crippen molar-refractivity contribution >= 4 is 16.6 Å². The molecular formula is C24H31N3O4. The van der Waals surface area contributed by atoms with Crippen LogP contribution in [0.15, 0.2) is 46.0 Å². The molecule has 1 heterocycles. The first-order valence-electron chi connectivity index (χ1n) is 10.7. The predicted molar refractivity (Wildman–Crippen MR) is 125 cm³/mol. The van der Waals surface area contributed by atoms with Crippen LogP contribution in [-0.4, -0.2) is 37.4 Å². The number of benzene rings is 2. The van der Waals surface area contributed by atoms with Gasteiger partial charge in [-0.1, -0.05) is 31.9 Å². The summed E-state index contributed by atoms with van der Waals surface area (Å²) >= 11 is 0. The van der Waals surface area contributed by atoms with E-state index in [1.807, 2.05) is 43.3 Å². The van der Waals surface area contributed by atoms with Crippen LogP contribution in [0.4, 0.5) is 5.69 Å². The number of aromatic amines is 1. The zero-order chi connectivity index (χ0) is 22.4. The number of rotatable bonds is 10. The van der Waals surface area contributed by atoms with Crippen molar-refractivity contribution in [1.82, 2.24) is 9.55 Å². The van der Waals surface area contributed by atoms with Crippen LogP contribution in [0.3, 0.4) is 0 Å². The molecule has 0 radical (unpaired) electrons. The molecule has 2 aromatic carbocycles. The van der Waals surface area contributed by atoms with E-state index in [0.29, 0.717) is 42.0 Å². The Kier molecular flexibility index (Phi) is 7.39. The molecular weight excluding hydrogens is 394 g/mol. The molecule has 0 unspecified atom stereocenters. The second-order valence-electron chi connectivity index (χ2n) is 7.77. The van der Waals surface area contributed by atoms with E-state index >= 15 is 0 Å². The number of fused-ring (bicyclic) bond motifs is 1. The molecule has 0 aliphatic rings. The minimum absolute atomic E-state index is 0.296. The van der Waals surface area contributed by atoms with Gasteiger partial charge in [-0.2, -0.15) is 0 Å². The van der Waals surface area contributed by atoms with Crippen molar-refractivity contribution in [2.75, 3.05) is 32.7 Å². The lowest BCUT2D eigenvalue weighted by atomic mass is 10.1. The highest BCUT2D eigenvalue weighted by molar-refractivity contribution is 5.86. The van der Waals surface area contributed by atoms with E-state index in [-0.39, 0.29) is 5.56 Å². The molecule has 0 spiro atoms. The van der Waals surface area contributed by atoms with E-state index in [4.69, 9.17) is 9.47 Å². The summed E-state index contributed by atoms with van der Waals surface area (Å²) in [6.07, 6.45) is 3.60. The Hall–Kier alpha value is -3.22. The predicted octanol–water partition coefficient (Wildman–Crippen LogP) is 3.58. The van der Waals surface area contributed by atoms with Crippen molar-refractivity contribution in [3.05, 3.63) is 62.8 Å². The van der Waals surface area contributed by atoms with Gasteiger partial charge in [0.15, 0.2) is 11.5 Å². The molecule has 0 bridgehead atoms. The molecule has 3 aromatic rings. The number of nitrogens with one attached hydrogen (secondary N) is 1. The minimum Gasteiger partial charge on any atom is -0.493 e. The summed E-state index contributed by atoms with van der Waals surface area (Å²) in [7, 11) is 5.51. The fourth-order valence-electron chi connectivity index (χ4n) is 3.51. The van der Waals surface area contributed by atoms with Gasteiger partial charge in [0.2, 0.25) is 0 Å². The number of methoxy groups -OCH3 is 1. The van der Waals surface area contributed by atoms with Crippen molar-refractivity contribution in [1.29, 1.82) is 0 Å². The minimum atomic E-state index is -0.450. The molecule has 1 aromatic heterocycles. The van der Waals surface area contributed by atoms with Gasteiger partial charge in [-0.15, -0.1) is 0 Å². The van der Waals surface area contributed by atoms with Gasteiger partial charge >= 0.3 is 5.69 Å². The highest BCUT2D eigenvalue weighted by atomic mass is 16.5. The molecule has 0 fully saturated rings. The first-order valence-corrected chi connectivity index (χ1v) is 10.7. The monoisotopic (exact) mass is 425 g/mol. The second-order valence-corrected chi connectivity index (χ2v) is 7.77. The van der Waals surface area contributed by atoms with Gasteiger partial charge in [-0.3, -0.25) is 9.36 Å². The molecule has 0 aliphatic heterocycles. The van der Waals surface area contributed by atoms with Gasteiger partial charge in [0.25, 0.3) is 5.56 Å². The number of anilines is 1. The average molecular weight is 426 g/mol. The summed E-state index contributed by atoms with van der Waals surface area (Å²) in [5.41, 5.74) is 1.77. The van der Waals surface area contributed by atoms with Gasteiger partial charge < -0.3 is 19.4 Å². The molecule has 166 valence electrons. The smallest absolute Gasteiger partial charge is 0.328 e. The normalized spacial score (nSPS) is 11.0. The largest absolute Gasteiger partial charge is 0.493 e. The summed E-state index contributed by atoms with van der Waals surface area (Å²) in [5.74, 6) is 0.912.